The summed E-state index contributed by atoms with van der Waals surface area (Å²) in [7, 11) is 1.55. The van der Waals surface area contributed by atoms with Crippen LogP contribution < -0.4 is 4.74 Å². The van der Waals surface area contributed by atoms with Crippen molar-refractivity contribution in [1.82, 2.24) is 4.90 Å². The molecule has 1 amide bonds. The number of halogens is 1. The molecule has 1 heterocycles. The number of hydrogen-bond acceptors (Lipinski definition) is 3. The maximum atomic E-state index is 13.9. The Morgan fingerprint density at radius 2 is 1.77 bits per heavy atom. The zero-order valence-electron chi connectivity index (χ0n) is 16.6. The number of ether oxygens (including phenoxy) is 1. The summed E-state index contributed by atoms with van der Waals surface area (Å²) in [4.78, 5) is 15.6. The van der Waals surface area contributed by atoms with Gasteiger partial charge in [-0.25, -0.2) is 0 Å². The lowest BCUT2D eigenvalue weighted by atomic mass is 9.96. The predicted octanol–water partition coefficient (Wildman–Crippen LogP) is 5.89. The summed E-state index contributed by atoms with van der Waals surface area (Å²) in [6.07, 6.45) is 1.29. The Morgan fingerprint density at radius 3 is 2.47 bits per heavy atom. The van der Waals surface area contributed by atoms with Crippen molar-refractivity contribution in [2.24, 2.45) is 0 Å². The highest BCUT2D eigenvalue weighted by molar-refractivity contribution is 6.31. The number of carbonyl (C=O) groups is 1. The molecule has 3 aromatic carbocycles. The van der Waals surface area contributed by atoms with E-state index in [9.17, 15) is 10.1 Å². The van der Waals surface area contributed by atoms with Crippen LogP contribution in [-0.4, -0.2) is 24.0 Å². The number of amides is 1. The summed E-state index contributed by atoms with van der Waals surface area (Å²) < 4.78 is 5.57. The Labute approximate surface area is 181 Å². The summed E-state index contributed by atoms with van der Waals surface area (Å²) in [6.45, 7) is 0. The number of methoxy groups -OCH3 is 1. The van der Waals surface area contributed by atoms with E-state index in [1.54, 1.807) is 18.1 Å². The Balaban J connectivity index is 1.85. The van der Waals surface area contributed by atoms with Crippen LogP contribution in [0.15, 0.2) is 72.8 Å². The number of rotatable bonds is 4. The van der Waals surface area contributed by atoms with Gasteiger partial charge in [-0.05, 0) is 41.7 Å². The Kier molecular flexibility index (Phi) is 5.74. The highest BCUT2D eigenvalue weighted by atomic mass is 35.5. The molecule has 2 atom stereocenters. The van der Waals surface area contributed by atoms with Crippen molar-refractivity contribution < 1.29 is 9.53 Å². The molecular weight excluding hydrogens is 396 g/mol. The maximum Gasteiger partial charge on any atom is 0.259 e. The van der Waals surface area contributed by atoms with Crippen LogP contribution >= 0.6 is 11.6 Å². The Hall–Kier alpha value is -3.29. The molecule has 3 aromatic rings. The molecule has 0 radical (unpaired) electrons. The molecule has 2 unspecified atom stereocenters. The second-order valence-corrected chi connectivity index (χ2v) is 7.63. The van der Waals surface area contributed by atoms with Gasteiger partial charge in [-0.2, -0.15) is 5.26 Å². The van der Waals surface area contributed by atoms with E-state index < -0.39 is 6.04 Å². The van der Waals surface area contributed by atoms with Gasteiger partial charge in [-0.15, -0.1) is 0 Å². The number of likely N-dealkylation sites (tertiary alicyclic amines) is 1. The van der Waals surface area contributed by atoms with Gasteiger partial charge in [-0.1, -0.05) is 72.3 Å². The molecule has 1 saturated heterocycles. The number of nitriles is 1. The van der Waals surface area contributed by atoms with Gasteiger partial charge in [0.25, 0.3) is 5.91 Å². The van der Waals surface area contributed by atoms with Crippen LogP contribution in [0.4, 0.5) is 0 Å². The molecule has 150 valence electrons. The largest absolute Gasteiger partial charge is 0.496 e. The van der Waals surface area contributed by atoms with Gasteiger partial charge < -0.3 is 9.64 Å². The lowest BCUT2D eigenvalue weighted by molar-refractivity contribution is 0.0698. The van der Waals surface area contributed by atoms with Crippen molar-refractivity contribution in [2.75, 3.05) is 7.11 Å². The Bertz CT molecular complexity index is 1110. The highest BCUT2D eigenvalue weighted by Gasteiger charge is 2.40. The average Bonchev–Trinajstić information content (AvgIpc) is 3.23. The van der Waals surface area contributed by atoms with Crippen LogP contribution in [0.5, 0.6) is 5.75 Å². The van der Waals surface area contributed by atoms with Crippen molar-refractivity contribution in [3.05, 3.63) is 88.9 Å². The van der Waals surface area contributed by atoms with Gasteiger partial charge in [0.2, 0.25) is 0 Å². The van der Waals surface area contributed by atoms with Crippen LogP contribution in [-0.2, 0) is 0 Å². The normalized spacial score (nSPS) is 18.1. The average molecular weight is 417 g/mol. The van der Waals surface area contributed by atoms with E-state index in [0.29, 0.717) is 29.2 Å². The fraction of sp³-hybridized carbons (Fsp3) is 0.200. The van der Waals surface area contributed by atoms with E-state index in [0.717, 1.165) is 16.7 Å². The zero-order chi connectivity index (χ0) is 21.1. The van der Waals surface area contributed by atoms with Crippen molar-refractivity contribution in [1.29, 1.82) is 5.26 Å². The number of nitrogens with zero attached hydrogens (tertiary/aromatic N) is 2. The minimum atomic E-state index is -0.521. The van der Waals surface area contributed by atoms with Gasteiger partial charge in [0.1, 0.15) is 11.8 Å². The van der Waals surface area contributed by atoms with Crippen LogP contribution in [0, 0.1) is 11.3 Å². The third-order valence-electron chi connectivity index (χ3n) is 5.58. The monoisotopic (exact) mass is 416 g/mol. The van der Waals surface area contributed by atoms with Gasteiger partial charge in [-0.3, -0.25) is 4.79 Å². The molecule has 5 heteroatoms. The van der Waals surface area contributed by atoms with E-state index in [4.69, 9.17) is 16.3 Å². The third kappa shape index (κ3) is 3.53. The molecule has 1 aliphatic rings. The molecule has 0 N–H and O–H groups in total. The molecule has 1 aliphatic heterocycles. The smallest absolute Gasteiger partial charge is 0.259 e. The fourth-order valence-corrected chi connectivity index (χ4v) is 4.44. The molecule has 1 fully saturated rings. The number of hydrogen-bond donors (Lipinski definition) is 0. The molecule has 0 aromatic heterocycles. The first-order valence-corrected chi connectivity index (χ1v) is 10.2. The van der Waals surface area contributed by atoms with Gasteiger partial charge >= 0.3 is 0 Å². The number of benzene rings is 3. The summed E-state index contributed by atoms with van der Waals surface area (Å²) >= 11 is 6.45. The molecule has 30 heavy (non-hydrogen) atoms. The standard InChI is InChI=1S/C25H21ClN2O2/c1-30-23-13-7-11-19(17-8-3-2-4-9-17)24(23)25(29)28-18(16-27)14-15-22(28)20-10-5-6-12-21(20)26/h2-13,18,22H,14-15H2,1H3. The quantitative estimate of drug-likeness (QED) is 0.533. The highest BCUT2D eigenvalue weighted by Crippen LogP contribution is 2.42. The van der Waals surface area contributed by atoms with E-state index in [2.05, 4.69) is 6.07 Å². The lowest BCUT2D eigenvalue weighted by Crippen LogP contribution is -2.37. The minimum absolute atomic E-state index is 0.222. The van der Waals surface area contributed by atoms with Crippen molar-refractivity contribution >= 4 is 17.5 Å². The summed E-state index contributed by atoms with van der Waals surface area (Å²) in [5, 5.41) is 10.4. The van der Waals surface area contributed by atoms with E-state index in [-0.39, 0.29) is 11.9 Å². The van der Waals surface area contributed by atoms with Crippen LogP contribution in [0.1, 0.15) is 34.8 Å². The van der Waals surface area contributed by atoms with E-state index in [1.807, 2.05) is 66.7 Å². The molecule has 0 bridgehead atoms. The van der Waals surface area contributed by atoms with Gasteiger partial charge in [0.15, 0.2) is 0 Å². The SMILES string of the molecule is COc1cccc(-c2ccccc2)c1C(=O)N1C(C#N)CCC1c1ccccc1Cl. The summed E-state index contributed by atoms with van der Waals surface area (Å²) in [5.41, 5.74) is 3.02. The zero-order valence-corrected chi connectivity index (χ0v) is 17.3. The first-order valence-electron chi connectivity index (χ1n) is 9.84. The third-order valence-corrected chi connectivity index (χ3v) is 5.92. The molecule has 0 saturated carbocycles. The minimum Gasteiger partial charge on any atom is -0.496 e. The second kappa shape index (κ2) is 8.61. The van der Waals surface area contributed by atoms with Crippen molar-refractivity contribution in [3.8, 4) is 22.9 Å². The fourth-order valence-electron chi connectivity index (χ4n) is 4.18. The van der Waals surface area contributed by atoms with E-state index in [1.165, 1.54) is 0 Å². The molecule has 0 spiro atoms. The number of carbonyl (C=O) groups excluding carboxylic acids is 1. The molecule has 4 nitrogen and oxygen atoms in total. The second-order valence-electron chi connectivity index (χ2n) is 7.22. The predicted molar refractivity (Wildman–Crippen MR) is 117 cm³/mol. The molecule has 0 aliphatic carbocycles. The van der Waals surface area contributed by atoms with Crippen molar-refractivity contribution in [3.63, 3.8) is 0 Å². The molecule has 4 rings (SSSR count). The first-order chi connectivity index (χ1) is 14.7. The first kappa shape index (κ1) is 20.0. The summed E-state index contributed by atoms with van der Waals surface area (Å²) in [6, 6.07) is 24.3. The van der Waals surface area contributed by atoms with Gasteiger partial charge in [0, 0.05) is 5.02 Å². The van der Waals surface area contributed by atoms with Crippen LogP contribution in [0.3, 0.4) is 0 Å². The van der Waals surface area contributed by atoms with Gasteiger partial charge in [0.05, 0.1) is 24.8 Å². The Morgan fingerprint density at radius 1 is 1.03 bits per heavy atom. The van der Waals surface area contributed by atoms with Crippen LogP contribution in [0.25, 0.3) is 11.1 Å². The van der Waals surface area contributed by atoms with E-state index >= 15 is 0 Å². The van der Waals surface area contributed by atoms with Crippen LogP contribution in [0.2, 0.25) is 5.02 Å². The lowest BCUT2D eigenvalue weighted by Gasteiger charge is -2.29. The maximum absolute atomic E-state index is 13.9. The molecular formula is C25H21ClN2O2. The van der Waals surface area contributed by atoms with Crippen molar-refractivity contribution in [2.45, 2.75) is 24.9 Å². The topological polar surface area (TPSA) is 53.3 Å². The summed E-state index contributed by atoms with van der Waals surface area (Å²) in [5.74, 6) is 0.267.